The van der Waals surface area contributed by atoms with Gasteiger partial charge in [-0.1, -0.05) is 30.3 Å². The Hall–Kier alpha value is -4.54. The van der Waals surface area contributed by atoms with E-state index in [1.165, 1.54) is 71.1 Å². The van der Waals surface area contributed by atoms with Crippen LogP contribution in [0.1, 0.15) is 57.9 Å². The first-order valence-corrected chi connectivity index (χ1v) is 18.2. The molecule has 2 aliphatic heterocycles. The van der Waals surface area contributed by atoms with Crippen LogP contribution in [0.2, 0.25) is 0 Å². The summed E-state index contributed by atoms with van der Waals surface area (Å²) in [5.41, 5.74) is 9.91. The summed E-state index contributed by atoms with van der Waals surface area (Å²) in [5.74, 6) is 0. The van der Waals surface area contributed by atoms with Gasteiger partial charge in [-0.2, -0.15) is 0 Å². The highest BCUT2D eigenvalue weighted by molar-refractivity contribution is 6.65. The van der Waals surface area contributed by atoms with Crippen molar-refractivity contribution in [1.82, 2.24) is 0 Å². The average Bonchev–Trinajstić information content (AvgIpc) is 3.90. The van der Waals surface area contributed by atoms with Gasteiger partial charge in [-0.15, -0.1) is 0 Å². The van der Waals surface area contributed by atoms with E-state index in [1.807, 2.05) is 0 Å². The van der Waals surface area contributed by atoms with Crippen molar-refractivity contribution in [1.29, 1.82) is 0 Å². The molecule has 2 heterocycles. The lowest BCUT2D eigenvalue weighted by Crippen LogP contribution is -2.44. The van der Waals surface area contributed by atoms with Crippen molar-refractivity contribution in [3.63, 3.8) is 0 Å². The third-order valence-corrected chi connectivity index (χ3v) is 15.4. The highest BCUT2D eigenvalue weighted by Gasteiger charge is 2.58. The van der Waals surface area contributed by atoms with Crippen molar-refractivity contribution >= 4 is 118 Å². The molecule has 48 heavy (non-hydrogen) atoms. The fourth-order valence-electron chi connectivity index (χ4n) is 14.4. The van der Waals surface area contributed by atoms with Gasteiger partial charge in [0.25, 0.3) is 0 Å². The Kier molecular flexibility index (Phi) is 2.58. The zero-order chi connectivity index (χ0) is 29.6. The molecule has 4 atom stereocenters. The second-order valence-electron chi connectivity index (χ2n) is 16.9. The fourth-order valence-corrected chi connectivity index (χ4v) is 14.4. The Bertz CT molecular complexity index is 3590. The lowest BCUT2D eigenvalue weighted by Gasteiger charge is -2.42. The van der Waals surface area contributed by atoms with Crippen molar-refractivity contribution in [3.8, 4) is 0 Å². The zero-order valence-electron chi connectivity index (χ0n) is 25.8. The van der Waals surface area contributed by atoms with E-state index in [0.29, 0.717) is 6.61 Å². The molecular weight excluding hydrogens is 588 g/mol. The molecule has 1 spiro atoms. The maximum Gasteiger partial charge on any atom is 0.129 e. The minimum absolute atomic E-state index is 0.000226. The lowest BCUT2D eigenvalue weighted by atomic mass is 9.75. The summed E-state index contributed by atoms with van der Waals surface area (Å²) in [5, 5.41) is 34.0. The van der Waals surface area contributed by atoms with Crippen LogP contribution in [0.5, 0.6) is 0 Å². The normalized spacial score (nSPS) is 27.5. The first-order valence-electron chi connectivity index (χ1n) is 18.2. The van der Waals surface area contributed by atoms with E-state index in [-0.39, 0.29) is 18.3 Å². The summed E-state index contributed by atoms with van der Waals surface area (Å²) in [6, 6.07) is 13.0. The molecule has 12 aromatic carbocycles. The van der Waals surface area contributed by atoms with Crippen LogP contribution in [0.15, 0.2) is 30.3 Å². The van der Waals surface area contributed by atoms with Crippen molar-refractivity contribution in [2.75, 3.05) is 13.2 Å². The number of hydrogen-bond donors (Lipinski definition) is 0. The summed E-state index contributed by atoms with van der Waals surface area (Å²) in [7, 11) is 0. The van der Waals surface area contributed by atoms with Gasteiger partial charge >= 0.3 is 0 Å². The van der Waals surface area contributed by atoms with E-state index in [2.05, 4.69) is 30.3 Å². The van der Waals surface area contributed by atoms with Gasteiger partial charge < -0.3 is 14.2 Å². The van der Waals surface area contributed by atoms with Crippen LogP contribution in [-0.2, 0) is 39.1 Å². The standard InChI is InChI=1S/C45H22O3/c1-2-21-22(46-3-1)12-47-44-20-10-18-8-15-6-16-5-13-4-14-7-17-9-19-11-45(44,48-21)43-29(19)34-28(17)33-24(14)23(13)31-27(16)32-25(15)26(18)35-30(20)42(43)41-39(34)37(33)36(31)38(32)40(35)41/h5-7,9-10,21-22,44H,1-4,8,11-12H2. The average molecular weight is 611 g/mol. The Morgan fingerprint density at radius 1 is 0.479 bits per heavy atom. The van der Waals surface area contributed by atoms with Gasteiger partial charge in [0.05, 0.1) is 12.7 Å². The maximum atomic E-state index is 7.72. The van der Waals surface area contributed by atoms with E-state index in [4.69, 9.17) is 14.2 Å². The van der Waals surface area contributed by atoms with Gasteiger partial charge in [0.2, 0.25) is 0 Å². The topological polar surface area (TPSA) is 27.7 Å². The molecule has 18 rings (SSSR count). The lowest BCUT2D eigenvalue weighted by molar-refractivity contribution is -0.172. The number of rotatable bonds is 0. The number of hydrogen-bond acceptors (Lipinski definition) is 3. The van der Waals surface area contributed by atoms with Gasteiger partial charge in [-0.05, 0) is 178 Å². The third kappa shape index (κ3) is 1.61. The molecule has 0 radical (unpaired) electrons. The Morgan fingerprint density at radius 3 is 1.69 bits per heavy atom. The molecule has 0 saturated carbocycles. The maximum absolute atomic E-state index is 7.72. The predicted molar refractivity (Wildman–Crippen MR) is 192 cm³/mol. The monoisotopic (exact) mass is 610 g/mol. The Morgan fingerprint density at radius 2 is 1.02 bits per heavy atom. The molecule has 0 amide bonds. The fraction of sp³-hybridized carbons (Fsp3) is 0.244. The summed E-state index contributed by atoms with van der Waals surface area (Å²) in [6.07, 6.45) is 4.95. The van der Waals surface area contributed by atoms with Gasteiger partial charge in [0.15, 0.2) is 0 Å². The van der Waals surface area contributed by atoms with Crippen LogP contribution in [0.4, 0.5) is 0 Å². The van der Waals surface area contributed by atoms with Gasteiger partial charge in [-0.3, -0.25) is 0 Å². The predicted octanol–water partition coefficient (Wildman–Crippen LogP) is 10.1. The summed E-state index contributed by atoms with van der Waals surface area (Å²) in [6.45, 7) is 1.41. The highest BCUT2D eigenvalue weighted by Crippen LogP contribution is 2.71. The number of benzene rings is 9. The van der Waals surface area contributed by atoms with Gasteiger partial charge in [-0.25, -0.2) is 0 Å². The second-order valence-corrected chi connectivity index (χ2v) is 16.9. The molecule has 0 aromatic heterocycles. The van der Waals surface area contributed by atoms with Crippen LogP contribution in [0.25, 0.3) is 118 Å². The first kappa shape index (κ1) is 21.4. The molecule has 3 nitrogen and oxygen atoms in total. The summed E-state index contributed by atoms with van der Waals surface area (Å²) in [4.78, 5) is 0. The minimum Gasteiger partial charge on any atom is -0.373 e. The SMILES string of the molecule is c1c2c3c4c5c6c(cc7cc8c9c%10c(cc%11cc%12c%13c(c1C%12)c3c1c4c3c6c7c9c3c3c%10c%11c%13c13)C8)CC51OC3CCCOC3COC21. The summed E-state index contributed by atoms with van der Waals surface area (Å²) < 4.78 is 21.4. The molecule has 0 bridgehead atoms. The second kappa shape index (κ2) is 5.77. The smallest absolute Gasteiger partial charge is 0.129 e. The molecule has 0 N–H and O–H groups in total. The van der Waals surface area contributed by atoms with Crippen LogP contribution in [0.3, 0.4) is 0 Å². The van der Waals surface area contributed by atoms with E-state index in [1.54, 1.807) is 86.4 Å². The highest BCUT2D eigenvalue weighted by atomic mass is 16.6. The van der Waals surface area contributed by atoms with Crippen LogP contribution >= 0.6 is 0 Å². The van der Waals surface area contributed by atoms with E-state index in [0.717, 1.165) is 38.7 Å². The molecule has 12 aromatic rings. The van der Waals surface area contributed by atoms with E-state index in [9.17, 15) is 0 Å². The third-order valence-electron chi connectivity index (χ3n) is 15.4. The molecule has 3 heteroatoms. The molecule has 2 fully saturated rings. The Labute approximate surface area is 270 Å². The summed E-state index contributed by atoms with van der Waals surface area (Å²) >= 11 is 0. The van der Waals surface area contributed by atoms with Crippen LogP contribution < -0.4 is 0 Å². The Balaban J connectivity index is 1.26. The van der Waals surface area contributed by atoms with Crippen molar-refractivity contribution in [2.45, 2.75) is 56.0 Å². The van der Waals surface area contributed by atoms with Gasteiger partial charge in [0.1, 0.15) is 17.8 Å². The first-order chi connectivity index (χ1) is 23.8. The van der Waals surface area contributed by atoms with Crippen molar-refractivity contribution < 1.29 is 14.2 Å². The van der Waals surface area contributed by atoms with E-state index < -0.39 is 5.60 Å². The molecule has 4 aliphatic carbocycles. The van der Waals surface area contributed by atoms with Crippen LogP contribution in [0, 0.1) is 0 Å². The molecule has 6 aliphatic rings. The largest absolute Gasteiger partial charge is 0.373 e. The number of fused-ring (bicyclic) bond motifs is 2. The van der Waals surface area contributed by atoms with Crippen molar-refractivity contribution in [3.05, 3.63) is 69.3 Å². The number of ether oxygens (including phenoxy) is 3. The zero-order valence-corrected chi connectivity index (χ0v) is 25.8. The molecule has 2 saturated heterocycles. The van der Waals surface area contributed by atoms with Crippen molar-refractivity contribution in [2.24, 2.45) is 0 Å². The van der Waals surface area contributed by atoms with Crippen LogP contribution in [-0.4, -0.2) is 25.4 Å². The van der Waals surface area contributed by atoms with Gasteiger partial charge in [0, 0.05) is 18.6 Å². The minimum atomic E-state index is -0.538. The molecule has 4 unspecified atom stereocenters. The molecular formula is C45H22O3. The quantitative estimate of drug-likeness (QED) is 0.160. The van der Waals surface area contributed by atoms with E-state index >= 15 is 0 Å². The molecule has 220 valence electrons.